The van der Waals surface area contributed by atoms with Gasteiger partial charge in [0.25, 0.3) is 5.91 Å². The van der Waals surface area contributed by atoms with E-state index in [1.807, 2.05) is 13.0 Å². The number of hydrogen-bond donors (Lipinski definition) is 2. The van der Waals surface area contributed by atoms with Gasteiger partial charge in [-0.15, -0.1) is 0 Å². The summed E-state index contributed by atoms with van der Waals surface area (Å²) in [7, 11) is 0. The van der Waals surface area contributed by atoms with Crippen LogP contribution < -0.4 is 21.0 Å². The molecular weight excluding hydrogens is 468 g/mol. The van der Waals surface area contributed by atoms with Crippen molar-refractivity contribution in [3.05, 3.63) is 99.8 Å². The van der Waals surface area contributed by atoms with E-state index in [1.54, 1.807) is 36.4 Å². The molecule has 0 bridgehead atoms. The van der Waals surface area contributed by atoms with Crippen molar-refractivity contribution >= 4 is 28.9 Å². The Morgan fingerprint density at radius 1 is 1.00 bits per heavy atom. The Labute approximate surface area is 204 Å². The molecular formula is C26H22N2O8. The van der Waals surface area contributed by atoms with Crippen LogP contribution in [0.15, 0.2) is 80.6 Å². The summed E-state index contributed by atoms with van der Waals surface area (Å²) >= 11 is 0. The molecule has 10 heteroatoms. The zero-order valence-corrected chi connectivity index (χ0v) is 19.2. The van der Waals surface area contributed by atoms with Gasteiger partial charge in [-0.1, -0.05) is 12.1 Å². The number of esters is 1. The predicted molar refractivity (Wildman–Crippen MR) is 127 cm³/mol. The van der Waals surface area contributed by atoms with Gasteiger partial charge in [0, 0.05) is 17.5 Å². The molecule has 2 aromatic heterocycles. The van der Waals surface area contributed by atoms with Crippen molar-refractivity contribution in [1.82, 2.24) is 10.6 Å². The van der Waals surface area contributed by atoms with Gasteiger partial charge >= 0.3 is 17.6 Å². The van der Waals surface area contributed by atoms with Gasteiger partial charge < -0.3 is 23.6 Å². The summed E-state index contributed by atoms with van der Waals surface area (Å²) < 4.78 is 21.0. The highest BCUT2D eigenvalue weighted by molar-refractivity contribution is 5.97. The van der Waals surface area contributed by atoms with Crippen molar-refractivity contribution in [2.45, 2.75) is 20.1 Å². The van der Waals surface area contributed by atoms with E-state index in [2.05, 4.69) is 10.6 Å². The number of amides is 3. The predicted octanol–water partition coefficient (Wildman–Crippen LogP) is 3.46. The van der Waals surface area contributed by atoms with E-state index in [9.17, 15) is 19.2 Å². The summed E-state index contributed by atoms with van der Waals surface area (Å²) in [4.78, 5) is 47.3. The van der Waals surface area contributed by atoms with Crippen molar-refractivity contribution in [1.29, 1.82) is 0 Å². The Bertz CT molecular complexity index is 1440. The molecule has 0 unspecified atom stereocenters. The summed E-state index contributed by atoms with van der Waals surface area (Å²) in [6.45, 7) is 1.54. The van der Waals surface area contributed by atoms with Gasteiger partial charge in [-0.3, -0.25) is 10.1 Å². The smallest absolute Gasteiger partial charge is 0.338 e. The zero-order valence-electron chi connectivity index (χ0n) is 19.2. The standard InChI is InChI=1S/C26H22N2O8/c1-16-11-24(30)36-22-12-19(8-9-21(16)22)34-14-17-4-6-18(7-5-17)25(31)35-15-23(29)28-26(32)27-13-20-3-2-10-33-20/h2-12H,13-15H2,1H3,(H2,27,28,29,32). The SMILES string of the molecule is Cc1cc(=O)oc2cc(OCc3ccc(C(=O)OCC(=O)NC(=O)NCc4ccco4)cc3)ccc12. The fourth-order valence-corrected chi connectivity index (χ4v) is 3.30. The minimum Gasteiger partial charge on any atom is -0.489 e. The minimum atomic E-state index is -0.772. The van der Waals surface area contributed by atoms with Crippen LogP contribution in [0.4, 0.5) is 4.79 Å². The number of aryl methyl sites for hydroxylation is 1. The lowest BCUT2D eigenvalue weighted by atomic mass is 10.1. The molecule has 0 spiro atoms. The molecule has 4 rings (SSSR count). The number of urea groups is 1. The molecule has 184 valence electrons. The Kier molecular flexibility index (Phi) is 7.45. The fraction of sp³-hybridized carbons (Fsp3) is 0.154. The number of imide groups is 1. The molecule has 0 atom stereocenters. The number of furan rings is 1. The van der Waals surface area contributed by atoms with Crippen LogP contribution in [0.25, 0.3) is 11.0 Å². The van der Waals surface area contributed by atoms with E-state index in [1.165, 1.54) is 24.5 Å². The molecule has 0 fully saturated rings. The first-order chi connectivity index (χ1) is 17.4. The second-order valence-corrected chi connectivity index (χ2v) is 7.78. The highest BCUT2D eigenvalue weighted by atomic mass is 16.5. The highest BCUT2D eigenvalue weighted by Crippen LogP contribution is 2.23. The van der Waals surface area contributed by atoms with Crippen molar-refractivity contribution in [2.24, 2.45) is 0 Å². The van der Waals surface area contributed by atoms with Crippen molar-refractivity contribution in [3.8, 4) is 5.75 Å². The third kappa shape index (κ3) is 6.38. The van der Waals surface area contributed by atoms with E-state index in [4.69, 9.17) is 18.3 Å². The molecule has 2 aromatic carbocycles. The normalized spacial score (nSPS) is 10.6. The largest absolute Gasteiger partial charge is 0.489 e. The average molecular weight is 490 g/mol. The van der Waals surface area contributed by atoms with Gasteiger partial charge in [0.2, 0.25) is 0 Å². The Balaban J connectivity index is 1.23. The van der Waals surface area contributed by atoms with Gasteiger partial charge in [0.05, 0.1) is 18.4 Å². The molecule has 0 saturated heterocycles. The van der Waals surface area contributed by atoms with Gasteiger partial charge in [0.15, 0.2) is 6.61 Å². The Morgan fingerprint density at radius 3 is 2.56 bits per heavy atom. The summed E-state index contributed by atoms with van der Waals surface area (Å²) in [5, 5.41) is 5.33. The first kappa shape index (κ1) is 24.3. The Morgan fingerprint density at radius 2 is 1.81 bits per heavy atom. The maximum absolute atomic E-state index is 12.2. The zero-order chi connectivity index (χ0) is 25.5. The van der Waals surface area contributed by atoms with Crippen LogP contribution in [-0.4, -0.2) is 24.5 Å². The molecule has 0 aliphatic carbocycles. The maximum atomic E-state index is 12.2. The summed E-state index contributed by atoms with van der Waals surface area (Å²) in [5.74, 6) is -0.433. The van der Waals surface area contributed by atoms with Crippen LogP contribution in [0.2, 0.25) is 0 Å². The maximum Gasteiger partial charge on any atom is 0.338 e. The highest BCUT2D eigenvalue weighted by Gasteiger charge is 2.13. The van der Waals surface area contributed by atoms with E-state index in [0.29, 0.717) is 17.1 Å². The van der Waals surface area contributed by atoms with Crippen LogP contribution in [0.3, 0.4) is 0 Å². The average Bonchev–Trinajstić information content (AvgIpc) is 3.38. The van der Waals surface area contributed by atoms with E-state index in [0.717, 1.165) is 16.5 Å². The number of carbonyl (C=O) groups excluding carboxylic acids is 3. The van der Waals surface area contributed by atoms with Crippen molar-refractivity contribution in [2.75, 3.05) is 6.61 Å². The van der Waals surface area contributed by atoms with E-state index >= 15 is 0 Å². The molecule has 3 amide bonds. The molecule has 0 aliphatic heterocycles. The number of fused-ring (bicyclic) bond motifs is 1. The van der Waals surface area contributed by atoms with Gasteiger partial charge in [-0.2, -0.15) is 0 Å². The topological polar surface area (TPSA) is 137 Å². The Hall–Kier alpha value is -4.86. The number of carbonyl (C=O) groups is 3. The number of hydrogen-bond acceptors (Lipinski definition) is 8. The lowest BCUT2D eigenvalue weighted by molar-refractivity contribution is -0.123. The first-order valence-electron chi connectivity index (χ1n) is 10.9. The summed E-state index contributed by atoms with van der Waals surface area (Å²) in [6.07, 6.45) is 1.46. The second kappa shape index (κ2) is 11.0. The number of ether oxygens (including phenoxy) is 2. The summed E-state index contributed by atoms with van der Waals surface area (Å²) in [6, 6.07) is 15.7. The van der Waals surface area contributed by atoms with Gasteiger partial charge in [-0.25, -0.2) is 14.4 Å². The molecule has 0 aliphatic rings. The molecule has 2 N–H and O–H groups in total. The number of nitrogens with one attached hydrogen (secondary N) is 2. The van der Waals surface area contributed by atoms with E-state index < -0.39 is 30.1 Å². The fourth-order valence-electron chi connectivity index (χ4n) is 3.30. The quantitative estimate of drug-likeness (QED) is 0.283. The van der Waals surface area contributed by atoms with E-state index in [-0.39, 0.29) is 18.7 Å². The van der Waals surface area contributed by atoms with Crippen LogP contribution in [0.1, 0.15) is 27.2 Å². The number of rotatable bonds is 8. The van der Waals surface area contributed by atoms with Crippen molar-refractivity contribution < 1.29 is 32.7 Å². The lowest BCUT2D eigenvalue weighted by Gasteiger charge is -2.09. The lowest BCUT2D eigenvalue weighted by Crippen LogP contribution is -2.41. The monoisotopic (exact) mass is 490 g/mol. The molecule has 0 saturated carbocycles. The van der Waals surface area contributed by atoms with Crippen LogP contribution in [0, 0.1) is 6.92 Å². The summed E-state index contributed by atoms with van der Waals surface area (Å²) in [5.41, 5.74) is 1.85. The van der Waals surface area contributed by atoms with Crippen molar-refractivity contribution in [3.63, 3.8) is 0 Å². The van der Waals surface area contributed by atoms with Crippen LogP contribution >= 0.6 is 0 Å². The minimum absolute atomic E-state index is 0.110. The molecule has 4 aromatic rings. The van der Waals surface area contributed by atoms with Gasteiger partial charge in [0.1, 0.15) is 23.7 Å². The van der Waals surface area contributed by atoms with Crippen LogP contribution in [-0.2, 0) is 22.7 Å². The second-order valence-electron chi connectivity index (χ2n) is 7.78. The van der Waals surface area contributed by atoms with Crippen LogP contribution in [0.5, 0.6) is 5.75 Å². The number of benzene rings is 2. The third-order valence-corrected chi connectivity index (χ3v) is 5.11. The molecule has 10 nitrogen and oxygen atoms in total. The molecule has 2 heterocycles. The van der Waals surface area contributed by atoms with Gasteiger partial charge in [-0.05, 0) is 54.4 Å². The first-order valence-corrected chi connectivity index (χ1v) is 10.9. The molecule has 0 radical (unpaired) electrons. The third-order valence-electron chi connectivity index (χ3n) is 5.11. The molecule has 36 heavy (non-hydrogen) atoms.